The molecule has 0 N–H and O–H groups in total. The van der Waals surface area contributed by atoms with Gasteiger partial charge in [-0.25, -0.2) is 4.79 Å². The molecular formula is C13H19N3O3. The highest BCUT2D eigenvalue weighted by Gasteiger charge is 2.52. The van der Waals surface area contributed by atoms with Crippen LogP contribution in [0.25, 0.3) is 0 Å². The van der Waals surface area contributed by atoms with Gasteiger partial charge in [-0.3, -0.25) is 14.5 Å². The normalized spacial score (nSPS) is 31.1. The van der Waals surface area contributed by atoms with Gasteiger partial charge < -0.3 is 9.80 Å². The van der Waals surface area contributed by atoms with Crippen molar-refractivity contribution in [1.29, 1.82) is 0 Å². The van der Waals surface area contributed by atoms with Crippen molar-refractivity contribution in [3.8, 4) is 0 Å². The van der Waals surface area contributed by atoms with Gasteiger partial charge in [0, 0.05) is 25.6 Å². The second-order valence-electron chi connectivity index (χ2n) is 5.84. The molecule has 3 heterocycles. The van der Waals surface area contributed by atoms with Crippen LogP contribution in [0, 0.1) is 0 Å². The first kappa shape index (κ1) is 12.4. The molecule has 1 unspecified atom stereocenters. The Labute approximate surface area is 112 Å². The molecule has 0 saturated carbocycles. The van der Waals surface area contributed by atoms with E-state index in [0.29, 0.717) is 13.1 Å². The molecule has 3 fully saturated rings. The van der Waals surface area contributed by atoms with Gasteiger partial charge in [0.1, 0.15) is 6.04 Å². The van der Waals surface area contributed by atoms with E-state index in [9.17, 15) is 14.4 Å². The van der Waals surface area contributed by atoms with Crippen LogP contribution in [0.3, 0.4) is 0 Å². The summed E-state index contributed by atoms with van der Waals surface area (Å²) in [5.74, 6) is -0.0708. The van der Waals surface area contributed by atoms with E-state index >= 15 is 0 Å². The number of amides is 4. The van der Waals surface area contributed by atoms with Gasteiger partial charge >= 0.3 is 6.03 Å². The summed E-state index contributed by atoms with van der Waals surface area (Å²) < 4.78 is 0. The summed E-state index contributed by atoms with van der Waals surface area (Å²) >= 11 is 0. The van der Waals surface area contributed by atoms with E-state index in [1.807, 2.05) is 13.8 Å². The molecule has 3 saturated heterocycles. The molecular weight excluding hydrogens is 246 g/mol. The first-order chi connectivity index (χ1) is 9.00. The van der Waals surface area contributed by atoms with Crippen molar-refractivity contribution in [3.63, 3.8) is 0 Å². The summed E-state index contributed by atoms with van der Waals surface area (Å²) in [6.07, 6.45) is 1.93. The Balaban J connectivity index is 1.79. The maximum Gasteiger partial charge on any atom is 0.327 e. The summed E-state index contributed by atoms with van der Waals surface area (Å²) in [7, 11) is 0. The van der Waals surface area contributed by atoms with Crippen LogP contribution < -0.4 is 0 Å². The van der Waals surface area contributed by atoms with E-state index in [0.717, 1.165) is 12.8 Å². The van der Waals surface area contributed by atoms with Gasteiger partial charge in [-0.05, 0) is 26.7 Å². The lowest BCUT2D eigenvalue weighted by Gasteiger charge is -2.24. The number of carbonyl (C=O) groups is 3. The Bertz CT molecular complexity index is 426. The Kier molecular flexibility index (Phi) is 2.76. The van der Waals surface area contributed by atoms with Crippen molar-refractivity contribution >= 4 is 17.8 Å². The largest absolute Gasteiger partial charge is 0.338 e. The molecule has 19 heavy (non-hydrogen) atoms. The van der Waals surface area contributed by atoms with Crippen molar-refractivity contribution in [3.05, 3.63) is 0 Å². The highest BCUT2D eigenvalue weighted by molar-refractivity contribution is 6.05. The van der Waals surface area contributed by atoms with Crippen molar-refractivity contribution in [2.24, 2.45) is 0 Å². The summed E-state index contributed by atoms with van der Waals surface area (Å²) in [6.45, 7) is 5.05. The molecule has 0 aliphatic carbocycles. The van der Waals surface area contributed by atoms with E-state index < -0.39 is 0 Å². The van der Waals surface area contributed by atoms with Crippen LogP contribution in [0.1, 0.15) is 33.1 Å². The van der Waals surface area contributed by atoms with Crippen molar-refractivity contribution < 1.29 is 14.4 Å². The number of hydrogen-bond donors (Lipinski definition) is 0. The van der Waals surface area contributed by atoms with Crippen LogP contribution in [0.15, 0.2) is 0 Å². The molecule has 6 heteroatoms. The Hall–Kier alpha value is -1.59. The minimum Gasteiger partial charge on any atom is -0.338 e. The number of nitrogens with zero attached hydrogens (tertiary/aromatic N) is 3. The average Bonchev–Trinajstić information content (AvgIpc) is 2.99. The van der Waals surface area contributed by atoms with E-state index in [1.165, 1.54) is 4.90 Å². The van der Waals surface area contributed by atoms with Crippen LogP contribution in [-0.2, 0) is 9.59 Å². The fourth-order valence-corrected chi connectivity index (χ4v) is 3.37. The zero-order valence-electron chi connectivity index (χ0n) is 11.3. The number of hydrogen-bond acceptors (Lipinski definition) is 3. The molecule has 4 amide bonds. The van der Waals surface area contributed by atoms with Gasteiger partial charge in [-0.2, -0.15) is 0 Å². The predicted octanol–water partition coefficient (Wildman–Crippen LogP) is 0.422. The molecule has 0 aromatic rings. The van der Waals surface area contributed by atoms with Crippen LogP contribution in [-0.4, -0.2) is 63.8 Å². The second kappa shape index (κ2) is 4.21. The van der Waals surface area contributed by atoms with E-state index in [2.05, 4.69) is 0 Å². The van der Waals surface area contributed by atoms with Gasteiger partial charge in [0.15, 0.2) is 0 Å². The first-order valence-corrected chi connectivity index (χ1v) is 6.94. The standard InChI is InChI=1S/C13H19N3O3/c1-8(2)15-7-9(6-11(15)17)16-12(18)10-4-3-5-14(10)13(16)19/h8-10H,3-7H2,1-2H3/t9?,10-/m1/s1. The lowest BCUT2D eigenvalue weighted by Crippen LogP contribution is -2.44. The highest BCUT2D eigenvalue weighted by atomic mass is 16.2. The zero-order chi connectivity index (χ0) is 13.7. The van der Waals surface area contributed by atoms with Crippen LogP contribution >= 0.6 is 0 Å². The minimum atomic E-state index is -0.277. The topological polar surface area (TPSA) is 60.9 Å². The van der Waals surface area contributed by atoms with E-state index in [-0.39, 0.29) is 42.4 Å². The number of rotatable bonds is 2. The summed E-state index contributed by atoms with van der Waals surface area (Å²) in [5.41, 5.74) is 0. The Morgan fingerprint density at radius 3 is 2.53 bits per heavy atom. The van der Waals surface area contributed by atoms with Gasteiger partial charge in [-0.1, -0.05) is 0 Å². The monoisotopic (exact) mass is 265 g/mol. The van der Waals surface area contributed by atoms with E-state index in [1.54, 1.807) is 9.80 Å². The molecule has 0 bridgehead atoms. The van der Waals surface area contributed by atoms with Crippen LogP contribution in [0.2, 0.25) is 0 Å². The molecule has 0 aromatic heterocycles. The number of carbonyl (C=O) groups excluding carboxylic acids is 3. The van der Waals surface area contributed by atoms with Crippen molar-refractivity contribution in [2.45, 2.75) is 51.2 Å². The first-order valence-electron chi connectivity index (χ1n) is 6.94. The molecule has 104 valence electrons. The summed E-state index contributed by atoms with van der Waals surface area (Å²) in [4.78, 5) is 41.2. The Morgan fingerprint density at radius 2 is 1.95 bits per heavy atom. The fourth-order valence-electron chi connectivity index (χ4n) is 3.37. The molecule has 0 aromatic carbocycles. The number of fused-ring (bicyclic) bond motifs is 1. The summed E-state index contributed by atoms with van der Waals surface area (Å²) in [5, 5.41) is 0. The molecule has 3 aliphatic rings. The predicted molar refractivity (Wildman–Crippen MR) is 67.2 cm³/mol. The number of urea groups is 1. The maximum absolute atomic E-state index is 12.3. The lowest BCUT2D eigenvalue weighted by atomic mass is 10.2. The van der Waals surface area contributed by atoms with Gasteiger partial charge in [-0.15, -0.1) is 0 Å². The SMILES string of the molecule is CC(C)N1CC(N2C(=O)[C@H]3CCCN3C2=O)CC1=O. The minimum absolute atomic E-state index is 0.0349. The molecule has 2 atom stereocenters. The molecule has 3 rings (SSSR count). The summed E-state index contributed by atoms with van der Waals surface area (Å²) in [6, 6.07) is -0.628. The van der Waals surface area contributed by atoms with E-state index in [4.69, 9.17) is 0 Å². The third-order valence-electron chi connectivity index (χ3n) is 4.35. The molecule has 6 nitrogen and oxygen atoms in total. The van der Waals surface area contributed by atoms with Gasteiger partial charge in [0.25, 0.3) is 5.91 Å². The smallest absolute Gasteiger partial charge is 0.327 e. The number of likely N-dealkylation sites (tertiary alicyclic amines) is 1. The Morgan fingerprint density at radius 1 is 1.21 bits per heavy atom. The van der Waals surface area contributed by atoms with Gasteiger partial charge in [0.2, 0.25) is 5.91 Å². The van der Waals surface area contributed by atoms with Crippen LogP contribution in [0.4, 0.5) is 4.79 Å². The van der Waals surface area contributed by atoms with Crippen LogP contribution in [0.5, 0.6) is 0 Å². The van der Waals surface area contributed by atoms with Crippen molar-refractivity contribution in [1.82, 2.24) is 14.7 Å². The third kappa shape index (κ3) is 1.73. The van der Waals surface area contributed by atoms with Gasteiger partial charge in [0.05, 0.1) is 6.04 Å². The highest BCUT2D eigenvalue weighted by Crippen LogP contribution is 2.31. The molecule has 3 aliphatic heterocycles. The quantitative estimate of drug-likeness (QED) is 0.680. The zero-order valence-corrected chi connectivity index (χ0v) is 11.3. The number of imide groups is 1. The average molecular weight is 265 g/mol. The third-order valence-corrected chi connectivity index (χ3v) is 4.35. The molecule has 0 radical (unpaired) electrons. The maximum atomic E-state index is 12.3. The fraction of sp³-hybridized carbons (Fsp3) is 0.769. The van der Waals surface area contributed by atoms with Crippen molar-refractivity contribution in [2.75, 3.05) is 13.1 Å². The lowest BCUT2D eigenvalue weighted by molar-refractivity contribution is -0.129. The second-order valence-corrected chi connectivity index (χ2v) is 5.84. The molecule has 0 spiro atoms.